The number of nitrogens with two attached hydrogens (primary N) is 1. The first-order chi connectivity index (χ1) is 14.7. The van der Waals surface area contributed by atoms with Crippen LogP contribution >= 0.6 is 11.6 Å². The van der Waals surface area contributed by atoms with Crippen molar-refractivity contribution in [2.24, 2.45) is 0 Å². The average molecular weight is 461 g/mol. The lowest BCUT2D eigenvalue weighted by atomic mass is 10.0. The van der Waals surface area contributed by atoms with E-state index >= 15 is 0 Å². The van der Waals surface area contributed by atoms with Crippen molar-refractivity contribution >= 4 is 33.3 Å². The number of aliphatic carboxylic acids is 1. The monoisotopic (exact) mass is 460 g/mol. The molecule has 0 radical (unpaired) electrons. The standard InChI is InChI=1S/C22H21ClN2O5S/c1-25(31(28,29)19-7-3-5-17(23)12-19)13-15-8-9-21(30-14-22(26)27)20(10-15)16-4-2-6-18(24)11-16/h2-12H,13-14,24H2,1H3,(H,26,27). The Bertz CT molecular complexity index is 1210. The largest absolute Gasteiger partial charge is 0.481 e. The molecule has 7 nitrogen and oxygen atoms in total. The van der Waals surface area contributed by atoms with Gasteiger partial charge < -0.3 is 15.6 Å². The summed E-state index contributed by atoms with van der Waals surface area (Å²) in [6, 6.07) is 18.2. The minimum absolute atomic E-state index is 0.0867. The quantitative estimate of drug-likeness (QED) is 0.494. The number of ether oxygens (including phenoxy) is 1. The van der Waals surface area contributed by atoms with E-state index in [0.717, 1.165) is 5.56 Å². The van der Waals surface area contributed by atoms with Crippen LogP contribution < -0.4 is 10.5 Å². The van der Waals surface area contributed by atoms with Crippen LogP contribution in [0.25, 0.3) is 11.1 Å². The van der Waals surface area contributed by atoms with Crippen molar-refractivity contribution in [2.75, 3.05) is 19.4 Å². The maximum absolute atomic E-state index is 12.9. The van der Waals surface area contributed by atoms with Gasteiger partial charge in [0, 0.05) is 29.9 Å². The minimum atomic E-state index is -3.76. The van der Waals surface area contributed by atoms with Crippen molar-refractivity contribution in [3.63, 3.8) is 0 Å². The maximum atomic E-state index is 12.9. The number of carboxylic acid groups (broad SMARTS) is 1. The summed E-state index contributed by atoms with van der Waals surface area (Å²) in [4.78, 5) is 11.0. The molecule has 0 fully saturated rings. The fraction of sp³-hybridized carbons (Fsp3) is 0.136. The molecule has 3 N–H and O–H groups in total. The van der Waals surface area contributed by atoms with Gasteiger partial charge in [0.15, 0.2) is 6.61 Å². The molecule has 0 aliphatic rings. The zero-order valence-electron chi connectivity index (χ0n) is 16.7. The van der Waals surface area contributed by atoms with Crippen LogP contribution in [0.3, 0.4) is 0 Å². The second kappa shape index (κ2) is 9.38. The number of rotatable bonds is 8. The predicted octanol–water partition coefficient (Wildman–Crippen LogP) is 3.87. The molecule has 0 heterocycles. The van der Waals surface area contributed by atoms with Gasteiger partial charge in [0.2, 0.25) is 10.0 Å². The van der Waals surface area contributed by atoms with E-state index in [1.807, 2.05) is 6.07 Å². The third-order valence-electron chi connectivity index (χ3n) is 4.50. The molecular formula is C22H21ClN2O5S. The number of hydrogen-bond donors (Lipinski definition) is 2. The Morgan fingerprint density at radius 1 is 1.10 bits per heavy atom. The summed E-state index contributed by atoms with van der Waals surface area (Å²) in [5.74, 6) is -0.743. The molecule has 0 atom stereocenters. The first kappa shape index (κ1) is 22.6. The topological polar surface area (TPSA) is 110 Å². The van der Waals surface area contributed by atoms with Crippen LogP contribution in [0.2, 0.25) is 5.02 Å². The van der Waals surface area contributed by atoms with Crippen molar-refractivity contribution < 1.29 is 23.1 Å². The molecule has 0 amide bonds. The van der Waals surface area contributed by atoms with E-state index in [2.05, 4.69) is 0 Å². The maximum Gasteiger partial charge on any atom is 0.341 e. The zero-order chi connectivity index (χ0) is 22.6. The summed E-state index contributed by atoms with van der Waals surface area (Å²) in [5, 5.41) is 9.28. The van der Waals surface area contributed by atoms with Gasteiger partial charge >= 0.3 is 5.97 Å². The number of nitrogens with zero attached hydrogens (tertiary/aromatic N) is 1. The second-order valence-corrected chi connectivity index (χ2v) is 9.34. The van der Waals surface area contributed by atoms with Gasteiger partial charge in [0.1, 0.15) is 5.75 Å². The van der Waals surface area contributed by atoms with Crippen molar-refractivity contribution in [2.45, 2.75) is 11.4 Å². The highest BCUT2D eigenvalue weighted by atomic mass is 35.5. The Balaban J connectivity index is 1.94. The van der Waals surface area contributed by atoms with E-state index < -0.39 is 22.6 Å². The summed E-state index contributed by atoms with van der Waals surface area (Å²) in [7, 11) is -2.28. The highest BCUT2D eigenvalue weighted by molar-refractivity contribution is 7.89. The van der Waals surface area contributed by atoms with Crippen LogP contribution in [0.5, 0.6) is 5.75 Å². The molecule has 0 aliphatic heterocycles. The fourth-order valence-electron chi connectivity index (χ4n) is 3.02. The molecule has 3 aromatic rings. The smallest absolute Gasteiger partial charge is 0.341 e. The molecule has 0 spiro atoms. The first-order valence-electron chi connectivity index (χ1n) is 9.22. The van der Waals surface area contributed by atoms with Gasteiger partial charge in [-0.05, 0) is 53.6 Å². The van der Waals surface area contributed by atoms with Crippen molar-refractivity contribution in [3.8, 4) is 16.9 Å². The summed E-state index contributed by atoms with van der Waals surface area (Å²) in [6.45, 7) is -0.416. The van der Waals surface area contributed by atoms with Gasteiger partial charge in [-0.2, -0.15) is 4.31 Å². The van der Waals surface area contributed by atoms with E-state index in [1.54, 1.807) is 48.5 Å². The van der Waals surface area contributed by atoms with Crippen LogP contribution in [0, 0.1) is 0 Å². The second-order valence-electron chi connectivity index (χ2n) is 6.86. The Labute approximate surface area is 185 Å². The Hall–Kier alpha value is -3.07. The van der Waals surface area contributed by atoms with Gasteiger partial charge in [0.05, 0.1) is 4.90 Å². The minimum Gasteiger partial charge on any atom is -0.481 e. The fourth-order valence-corrected chi connectivity index (χ4v) is 4.48. The molecule has 0 saturated carbocycles. The number of sulfonamides is 1. The van der Waals surface area contributed by atoms with Crippen molar-refractivity contribution in [3.05, 3.63) is 77.3 Å². The molecule has 0 saturated heterocycles. The molecule has 162 valence electrons. The molecule has 3 rings (SSSR count). The molecule has 0 aromatic heterocycles. The molecular weight excluding hydrogens is 440 g/mol. The van der Waals surface area contributed by atoms with Crippen LogP contribution in [0.15, 0.2) is 71.6 Å². The number of hydrogen-bond acceptors (Lipinski definition) is 5. The van der Waals surface area contributed by atoms with Gasteiger partial charge in [-0.1, -0.05) is 35.9 Å². The number of halogens is 1. The van der Waals surface area contributed by atoms with Crippen LogP contribution in [0.1, 0.15) is 5.56 Å². The van der Waals surface area contributed by atoms with E-state index in [4.69, 9.17) is 27.2 Å². The third kappa shape index (κ3) is 5.55. The summed E-state index contributed by atoms with van der Waals surface area (Å²) in [6.07, 6.45) is 0. The lowest BCUT2D eigenvalue weighted by Gasteiger charge is -2.19. The van der Waals surface area contributed by atoms with E-state index in [9.17, 15) is 13.2 Å². The van der Waals surface area contributed by atoms with E-state index in [-0.39, 0.29) is 11.4 Å². The van der Waals surface area contributed by atoms with Crippen molar-refractivity contribution in [1.29, 1.82) is 0 Å². The number of carboxylic acids is 1. The van der Waals surface area contributed by atoms with E-state index in [1.165, 1.54) is 23.5 Å². The highest BCUT2D eigenvalue weighted by Gasteiger charge is 2.22. The molecule has 0 unspecified atom stereocenters. The highest BCUT2D eigenvalue weighted by Crippen LogP contribution is 2.33. The Morgan fingerprint density at radius 3 is 2.52 bits per heavy atom. The molecule has 0 aliphatic carbocycles. The summed E-state index contributed by atoms with van der Waals surface area (Å²) >= 11 is 5.94. The van der Waals surface area contributed by atoms with Gasteiger partial charge in [-0.15, -0.1) is 0 Å². The number of benzene rings is 3. The molecule has 9 heteroatoms. The van der Waals surface area contributed by atoms with Crippen LogP contribution in [-0.4, -0.2) is 37.5 Å². The SMILES string of the molecule is CN(Cc1ccc(OCC(=O)O)c(-c2cccc(N)c2)c1)S(=O)(=O)c1cccc(Cl)c1. The van der Waals surface area contributed by atoms with Gasteiger partial charge in [-0.25, -0.2) is 13.2 Å². The van der Waals surface area contributed by atoms with Crippen molar-refractivity contribution in [1.82, 2.24) is 4.31 Å². The lowest BCUT2D eigenvalue weighted by Crippen LogP contribution is -2.26. The Kier molecular flexibility index (Phi) is 6.84. The summed E-state index contributed by atoms with van der Waals surface area (Å²) < 4.78 is 32.4. The van der Waals surface area contributed by atoms with Gasteiger partial charge in [0.25, 0.3) is 0 Å². The summed E-state index contributed by atoms with van der Waals surface area (Å²) in [5.41, 5.74) is 8.45. The number of nitrogen functional groups attached to an aromatic ring is 1. The molecule has 3 aromatic carbocycles. The first-order valence-corrected chi connectivity index (χ1v) is 11.0. The number of anilines is 1. The normalized spacial score (nSPS) is 11.5. The predicted molar refractivity (Wildman–Crippen MR) is 120 cm³/mol. The average Bonchev–Trinajstić information content (AvgIpc) is 2.72. The molecule has 0 bridgehead atoms. The Morgan fingerprint density at radius 2 is 1.84 bits per heavy atom. The lowest BCUT2D eigenvalue weighted by molar-refractivity contribution is -0.139. The zero-order valence-corrected chi connectivity index (χ0v) is 18.2. The van der Waals surface area contributed by atoms with Crippen LogP contribution in [-0.2, 0) is 21.4 Å². The van der Waals surface area contributed by atoms with Gasteiger partial charge in [-0.3, -0.25) is 0 Å². The molecule has 31 heavy (non-hydrogen) atoms. The van der Waals surface area contributed by atoms with Crippen LogP contribution in [0.4, 0.5) is 5.69 Å². The van der Waals surface area contributed by atoms with E-state index in [0.29, 0.717) is 27.6 Å². The number of carbonyl (C=O) groups is 1. The third-order valence-corrected chi connectivity index (χ3v) is 6.54.